The molecule has 3 nitrogen and oxygen atoms in total. The lowest BCUT2D eigenvalue weighted by Crippen LogP contribution is -2.47. The molecule has 2 unspecified atom stereocenters. The number of hydrogen-bond acceptors (Lipinski definition) is 3. The van der Waals surface area contributed by atoms with Crippen molar-refractivity contribution in [2.24, 2.45) is 11.8 Å². The van der Waals surface area contributed by atoms with Crippen LogP contribution in [0.25, 0.3) is 0 Å². The van der Waals surface area contributed by atoms with Crippen molar-refractivity contribution >= 4 is 0 Å². The standard InChI is InChI=1S/C15H30N2O/c1-12(2)13-5-8-17(9-6-13)14-4-7-15(10-14,11-18)16-3/h12-14,16,18H,4-11H2,1-3H3. The van der Waals surface area contributed by atoms with Crippen LogP contribution in [0.15, 0.2) is 0 Å². The molecule has 2 fully saturated rings. The summed E-state index contributed by atoms with van der Waals surface area (Å²) in [5.74, 6) is 1.76. The molecular weight excluding hydrogens is 224 g/mol. The molecule has 0 bridgehead atoms. The molecular formula is C15H30N2O. The fraction of sp³-hybridized carbons (Fsp3) is 1.00. The lowest BCUT2D eigenvalue weighted by Gasteiger charge is -2.38. The summed E-state index contributed by atoms with van der Waals surface area (Å²) in [7, 11) is 1.99. The third-order valence-electron chi connectivity index (χ3n) is 5.45. The highest BCUT2D eigenvalue weighted by atomic mass is 16.3. The zero-order chi connectivity index (χ0) is 13.2. The predicted molar refractivity (Wildman–Crippen MR) is 75.7 cm³/mol. The summed E-state index contributed by atoms with van der Waals surface area (Å²) in [6.07, 6.45) is 6.20. The second kappa shape index (κ2) is 5.89. The molecule has 2 atom stereocenters. The van der Waals surface area contributed by atoms with E-state index in [1.165, 1.54) is 32.4 Å². The minimum Gasteiger partial charge on any atom is -0.394 e. The number of aliphatic hydroxyl groups is 1. The second-order valence-electron chi connectivity index (χ2n) is 6.70. The van der Waals surface area contributed by atoms with E-state index in [1.54, 1.807) is 0 Å². The molecule has 0 aromatic heterocycles. The van der Waals surface area contributed by atoms with Gasteiger partial charge < -0.3 is 15.3 Å². The Morgan fingerprint density at radius 3 is 2.39 bits per heavy atom. The largest absolute Gasteiger partial charge is 0.394 e. The normalized spacial score (nSPS) is 35.5. The summed E-state index contributed by atoms with van der Waals surface area (Å²) in [6, 6.07) is 0.692. The lowest BCUT2D eigenvalue weighted by atomic mass is 9.86. The molecule has 1 heterocycles. The first-order chi connectivity index (χ1) is 8.60. The van der Waals surface area contributed by atoms with Gasteiger partial charge >= 0.3 is 0 Å². The number of nitrogens with one attached hydrogen (secondary N) is 1. The second-order valence-corrected chi connectivity index (χ2v) is 6.70. The van der Waals surface area contributed by atoms with E-state index in [9.17, 15) is 5.11 Å². The zero-order valence-corrected chi connectivity index (χ0v) is 12.3. The van der Waals surface area contributed by atoms with Crippen molar-refractivity contribution in [1.82, 2.24) is 10.2 Å². The maximum atomic E-state index is 9.57. The molecule has 2 rings (SSSR count). The van der Waals surface area contributed by atoms with Crippen molar-refractivity contribution in [2.45, 2.75) is 57.5 Å². The number of hydrogen-bond donors (Lipinski definition) is 2. The molecule has 0 spiro atoms. The molecule has 2 aliphatic rings. The van der Waals surface area contributed by atoms with Gasteiger partial charge in [0.1, 0.15) is 0 Å². The minimum atomic E-state index is -0.000433. The van der Waals surface area contributed by atoms with E-state index in [0.29, 0.717) is 6.04 Å². The van der Waals surface area contributed by atoms with Crippen LogP contribution in [0.1, 0.15) is 46.0 Å². The van der Waals surface area contributed by atoms with Crippen LogP contribution in [0.3, 0.4) is 0 Å². The van der Waals surface area contributed by atoms with Crippen molar-refractivity contribution in [1.29, 1.82) is 0 Å². The van der Waals surface area contributed by atoms with Crippen LogP contribution in [0.4, 0.5) is 0 Å². The highest BCUT2D eigenvalue weighted by Gasteiger charge is 2.40. The summed E-state index contributed by atoms with van der Waals surface area (Å²) in [4.78, 5) is 2.67. The highest BCUT2D eigenvalue weighted by molar-refractivity contribution is 4.99. The van der Waals surface area contributed by atoms with Gasteiger partial charge in [-0.15, -0.1) is 0 Å². The lowest BCUT2D eigenvalue weighted by molar-refractivity contribution is 0.104. The zero-order valence-electron chi connectivity index (χ0n) is 12.3. The van der Waals surface area contributed by atoms with Crippen LogP contribution in [0.5, 0.6) is 0 Å². The Bertz CT molecular complexity index is 255. The highest BCUT2D eigenvalue weighted by Crippen LogP contribution is 2.35. The molecule has 1 aliphatic carbocycles. The van der Waals surface area contributed by atoms with Gasteiger partial charge in [-0.1, -0.05) is 13.8 Å². The molecule has 2 N–H and O–H groups in total. The Hall–Kier alpha value is -0.120. The smallest absolute Gasteiger partial charge is 0.0613 e. The van der Waals surface area contributed by atoms with Crippen molar-refractivity contribution in [2.75, 3.05) is 26.7 Å². The average molecular weight is 254 g/mol. The Balaban J connectivity index is 1.84. The van der Waals surface area contributed by atoms with Gasteiger partial charge in [0.2, 0.25) is 0 Å². The van der Waals surface area contributed by atoms with Gasteiger partial charge in [0, 0.05) is 11.6 Å². The molecule has 0 radical (unpaired) electrons. The fourth-order valence-corrected chi connectivity index (χ4v) is 3.81. The van der Waals surface area contributed by atoms with Gasteiger partial charge in [0.05, 0.1) is 6.61 Å². The van der Waals surface area contributed by atoms with Gasteiger partial charge in [-0.3, -0.25) is 0 Å². The number of likely N-dealkylation sites (tertiary alicyclic amines) is 1. The predicted octanol–water partition coefficient (Wildman–Crippen LogP) is 1.86. The van der Waals surface area contributed by atoms with Crippen molar-refractivity contribution in [3.8, 4) is 0 Å². The third-order valence-corrected chi connectivity index (χ3v) is 5.45. The number of rotatable bonds is 4. The summed E-state index contributed by atoms with van der Waals surface area (Å²) in [5, 5.41) is 12.9. The molecule has 0 amide bonds. The van der Waals surface area contributed by atoms with E-state index in [1.807, 2.05) is 7.05 Å². The van der Waals surface area contributed by atoms with E-state index in [2.05, 4.69) is 24.1 Å². The van der Waals surface area contributed by atoms with E-state index in [0.717, 1.165) is 24.7 Å². The van der Waals surface area contributed by atoms with Crippen molar-refractivity contribution in [3.05, 3.63) is 0 Å². The van der Waals surface area contributed by atoms with Gasteiger partial charge in [0.25, 0.3) is 0 Å². The Morgan fingerprint density at radius 1 is 1.28 bits per heavy atom. The van der Waals surface area contributed by atoms with Crippen LogP contribution in [0.2, 0.25) is 0 Å². The van der Waals surface area contributed by atoms with Crippen molar-refractivity contribution < 1.29 is 5.11 Å². The molecule has 106 valence electrons. The Labute approximate surface area is 112 Å². The van der Waals surface area contributed by atoms with Gasteiger partial charge in [-0.05, 0) is 64.1 Å². The topological polar surface area (TPSA) is 35.5 Å². The molecule has 0 aromatic rings. The van der Waals surface area contributed by atoms with E-state index in [-0.39, 0.29) is 12.1 Å². The maximum Gasteiger partial charge on any atom is 0.0613 e. The Morgan fingerprint density at radius 2 is 1.94 bits per heavy atom. The summed E-state index contributed by atoms with van der Waals surface area (Å²) in [6.45, 7) is 7.52. The number of likely N-dealkylation sites (N-methyl/N-ethyl adjacent to an activating group) is 1. The van der Waals surface area contributed by atoms with Crippen LogP contribution >= 0.6 is 0 Å². The molecule has 0 aromatic carbocycles. The number of nitrogens with zero attached hydrogens (tertiary/aromatic N) is 1. The summed E-state index contributed by atoms with van der Waals surface area (Å²) in [5.41, 5.74) is -0.000433. The fourth-order valence-electron chi connectivity index (χ4n) is 3.81. The number of piperidine rings is 1. The minimum absolute atomic E-state index is 0.000433. The third kappa shape index (κ3) is 2.89. The molecule has 1 saturated heterocycles. The van der Waals surface area contributed by atoms with E-state index < -0.39 is 0 Å². The maximum absolute atomic E-state index is 9.57. The van der Waals surface area contributed by atoms with E-state index in [4.69, 9.17) is 0 Å². The van der Waals surface area contributed by atoms with Gasteiger partial charge in [-0.25, -0.2) is 0 Å². The van der Waals surface area contributed by atoms with Crippen molar-refractivity contribution in [3.63, 3.8) is 0 Å². The first kappa shape index (κ1) is 14.3. The SMILES string of the molecule is CNC1(CO)CCC(N2CCC(C(C)C)CC2)C1. The first-order valence-corrected chi connectivity index (χ1v) is 7.64. The average Bonchev–Trinajstić information content (AvgIpc) is 2.84. The quantitative estimate of drug-likeness (QED) is 0.804. The van der Waals surface area contributed by atoms with E-state index >= 15 is 0 Å². The van der Waals surface area contributed by atoms with Crippen LogP contribution in [-0.2, 0) is 0 Å². The molecule has 1 aliphatic heterocycles. The molecule has 3 heteroatoms. The number of aliphatic hydroxyl groups excluding tert-OH is 1. The Kier molecular flexibility index (Phi) is 4.68. The first-order valence-electron chi connectivity index (χ1n) is 7.64. The van der Waals surface area contributed by atoms with Gasteiger partial charge in [-0.2, -0.15) is 0 Å². The molecule has 18 heavy (non-hydrogen) atoms. The van der Waals surface area contributed by atoms with Crippen LogP contribution in [0, 0.1) is 11.8 Å². The molecule has 1 saturated carbocycles. The van der Waals surface area contributed by atoms with Crippen LogP contribution < -0.4 is 5.32 Å². The summed E-state index contributed by atoms with van der Waals surface area (Å²) >= 11 is 0. The monoisotopic (exact) mass is 254 g/mol. The van der Waals surface area contributed by atoms with Crippen LogP contribution in [-0.4, -0.2) is 48.3 Å². The van der Waals surface area contributed by atoms with Gasteiger partial charge in [0.15, 0.2) is 0 Å². The summed E-state index contributed by atoms with van der Waals surface area (Å²) < 4.78 is 0.